The van der Waals surface area contributed by atoms with Crippen LogP contribution < -0.4 is 10.9 Å². The van der Waals surface area contributed by atoms with Gasteiger partial charge in [-0.25, -0.2) is 4.98 Å². The van der Waals surface area contributed by atoms with E-state index >= 15 is 0 Å². The van der Waals surface area contributed by atoms with Gasteiger partial charge in [-0.05, 0) is 25.0 Å². The van der Waals surface area contributed by atoms with Crippen molar-refractivity contribution in [2.75, 3.05) is 11.1 Å². The lowest BCUT2D eigenvalue weighted by Gasteiger charge is -2.19. The first-order valence-electron chi connectivity index (χ1n) is 7.99. The Bertz CT molecular complexity index is 696. The molecule has 1 fully saturated rings. The molecule has 0 bridgehead atoms. The molecule has 0 spiro atoms. The average Bonchev–Trinajstić information content (AvgIpc) is 3.07. The zero-order valence-corrected chi connectivity index (χ0v) is 14.7. The van der Waals surface area contributed by atoms with Crippen LogP contribution in [0.25, 0.3) is 4.96 Å². The van der Waals surface area contributed by atoms with Gasteiger partial charge in [0.1, 0.15) is 0 Å². The third kappa shape index (κ3) is 3.30. The summed E-state index contributed by atoms with van der Waals surface area (Å²) in [5, 5.41) is 9.40. The molecule has 2 aromatic heterocycles. The van der Waals surface area contributed by atoms with Gasteiger partial charge in [-0.3, -0.25) is 4.79 Å². The van der Waals surface area contributed by atoms with Crippen molar-refractivity contribution in [1.82, 2.24) is 14.6 Å². The molecule has 120 valence electrons. The quantitative estimate of drug-likeness (QED) is 0.876. The van der Waals surface area contributed by atoms with E-state index in [1.807, 2.05) is 11.8 Å². The Morgan fingerprint density at radius 1 is 1.45 bits per heavy atom. The number of nitrogens with one attached hydrogen (secondary N) is 1. The Morgan fingerprint density at radius 2 is 2.32 bits per heavy atom. The summed E-state index contributed by atoms with van der Waals surface area (Å²) in [5.74, 6) is 1.14. The number of fused-ring (bicyclic) bond motifs is 1. The lowest BCUT2D eigenvalue weighted by molar-refractivity contribution is 0.758. The summed E-state index contributed by atoms with van der Waals surface area (Å²) >= 11 is 3.49. The van der Waals surface area contributed by atoms with Gasteiger partial charge in [0, 0.05) is 23.1 Å². The first-order chi connectivity index (χ1) is 10.7. The van der Waals surface area contributed by atoms with Crippen LogP contribution in [0.1, 0.15) is 45.2 Å². The van der Waals surface area contributed by atoms with Gasteiger partial charge in [0.05, 0.1) is 0 Å². The first kappa shape index (κ1) is 15.8. The zero-order chi connectivity index (χ0) is 15.5. The SMILES string of the molecule is CCCc1cc(=O)n2nc(NC3CCCC3SCC)sc2n1. The Hall–Kier alpha value is -1.08. The van der Waals surface area contributed by atoms with Crippen LogP contribution >= 0.6 is 23.1 Å². The van der Waals surface area contributed by atoms with E-state index in [9.17, 15) is 4.79 Å². The van der Waals surface area contributed by atoms with E-state index < -0.39 is 0 Å². The normalized spacial score (nSPS) is 21.5. The van der Waals surface area contributed by atoms with Gasteiger partial charge in [0.15, 0.2) is 0 Å². The number of aryl methyl sites for hydroxylation is 1. The molecule has 2 heterocycles. The molecule has 1 N–H and O–H groups in total. The van der Waals surface area contributed by atoms with Crippen molar-refractivity contribution in [2.24, 2.45) is 0 Å². The van der Waals surface area contributed by atoms with E-state index in [0.717, 1.165) is 29.4 Å². The molecule has 0 aromatic carbocycles. The van der Waals surface area contributed by atoms with Crippen LogP contribution in [0.15, 0.2) is 10.9 Å². The number of aromatic nitrogens is 3. The molecule has 0 radical (unpaired) electrons. The van der Waals surface area contributed by atoms with E-state index in [-0.39, 0.29) is 5.56 Å². The van der Waals surface area contributed by atoms with Crippen molar-refractivity contribution in [3.8, 4) is 0 Å². The summed E-state index contributed by atoms with van der Waals surface area (Å²) < 4.78 is 1.42. The maximum atomic E-state index is 12.1. The molecule has 2 atom stereocenters. The minimum Gasteiger partial charge on any atom is -0.356 e. The summed E-state index contributed by atoms with van der Waals surface area (Å²) in [6.45, 7) is 4.30. The van der Waals surface area contributed by atoms with Crippen molar-refractivity contribution in [1.29, 1.82) is 0 Å². The minimum absolute atomic E-state index is 0.0799. The Labute approximate surface area is 138 Å². The topological polar surface area (TPSA) is 59.3 Å². The molecule has 0 amide bonds. The summed E-state index contributed by atoms with van der Waals surface area (Å²) in [4.78, 5) is 17.4. The molecule has 2 unspecified atom stereocenters. The fourth-order valence-electron chi connectivity index (χ4n) is 2.96. The monoisotopic (exact) mass is 338 g/mol. The van der Waals surface area contributed by atoms with E-state index in [2.05, 4.69) is 29.2 Å². The third-order valence-corrected chi connectivity index (χ3v) is 6.11. The van der Waals surface area contributed by atoms with Crippen molar-refractivity contribution in [3.05, 3.63) is 22.1 Å². The highest BCUT2D eigenvalue weighted by atomic mass is 32.2. The van der Waals surface area contributed by atoms with Crippen molar-refractivity contribution in [3.63, 3.8) is 0 Å². The first-order valence-corrected chi connectivity index (χ1v) is 9.85. The highest BCUT2D eigenvalue weighted by Gasteiger charge is 2.28. The number of hydrogen-bond acceptors (Lipinski definition) is 6. The van der Waals surface area contributed by atoms with Crippen LogP contribution in [0.3, 0.4) is 0 Å². The lowest BCUT2D eigenvalue weighted by atomic mass is 10.2. The van der Waals surface area contributed by atoms with E-state index in [4.69, 9.17) is 0 Å². The van der Waals surface area contributed by atoms with Crippen LogP contribution in [0.4, 0.5) is 5.13 Å². The van der Waals surface area contributed by atoms with Gasteiger partial charge >= 0.3 is 0 Å². The second kappa shape index (κ2) is 7.00. The average molecular weight is 339 g/mol. The predicted octanol–water partition coefficient (Wildman–Crippen LogP) is 3.19. The second-order valence-electron chi connectivity index (χ2n) is 5.61. The van der Waals surface area contributed by atoms with Crippen LogP contribution in [-0.2, 0) is 6.42 Å². The van der Waals surface area contributed by atoms with Crippen molar-refractivity contribution < 1.29 is 0 Å². The fraction of sp³-hybridized carbons (Fsp3) is 0.667. The Balaban J connectivity index is 1.82. The molecule has 22 heavy (non-hydrogen) atoms. The van der Waals surface area contributed by atoms with E-state index in [1.165, 1.54) is 35.1 Å². The van der Waals surface area contributed by atoms with Crippen molar-refractivity contribution in [2.45, 2.75) is 57.2 Å². The summed E-state index contributed by atoms with van der Waals surface area (Å²) in [6, 6.07) is 2.06. The molecule has 7 heteroatoms. The number of nitrogens with zero attached hydrogens (tertiary/aromatic N) is 3. The molecular weight excluding hydrogens is 316 g/mol. The van der Waals surface area contributed by atoms with Crippen LogP contribution in [0.2, 0.25) is 0 Å². The summed E-state index contributed by atoms with van der Waals surface area (Å²) in [5.41, 5.74) is 0.784. The molecule has 1 saturated carbocycles. The highest BCUT2D eigenvalue weighted by molar-refractivity contribution is 7.99. The summed E-state index contributed by atoms with van der Waals surface area (Å²) in [7, 11) is 0. The molecule has 2 aromatic rings. The largest absolute Gasteiger partial charge is 0.356 e. The van der Waals surface area contributed by atoms with Crippen molar-refractivity contribution >= 4 is 33.2 Å². The molecular formula is C15H22N4OS2. The minimum atomic E-state index is -0.0799. The van der Waals surface area contributed by atoms with E-state index in [1.54, 1.807) is 6.07 Å². The maximum Gasteiger partial charge on any atom is 0.275 e. The van der Waals surface area contributed by atoms with Crippen LogP contribution in [-0.4, -0.2) is 31.6 Å². The number of rotatable bonds is 6. The molecule has 5 nitrogen and oxygen atoms in total. The smallest absolute Gasteiger partial charge is 0.275 e. The highest BCUT2D eigenvalue weighted by Crippen LogP contribution is 2.32. The van der Waals surface area contributed by atoms with Crippen LogP contribution in [0.5, 0.6) is 0 Å². The maximum absolute atomic E-state index is 12.1. The fourth-order valence-corrected chi connectivity index (χ4v) is 5.05. The molecule has 1 aliphatic carbocycles. The summed E-state index contributed by atoms with van der Waals surface area (Å²) in [6.07, 6.45) is 5.53. The van der Waals surface area contributed by atoms with Gasteiger partial charge in [0.25, 0.3) is 5.56 Å². The van der Waals surface area contributed by atoms with Gasteiger partial charge in [0.2, 0.25) is 10.1 Å². The van der Waals surface area contributed by atoms with Gasteiger partial charge < -0.3 is 5.32 Å². The van der Waals surface area contributed by atoms with Gasteiger partial charge in [-0.15, -0.1) is 5.10 Å². The van der Waals surface area contributed by atoms with Gasteiger partial charge in [-0.1, -0.05) is 38.0 Å². The molecule has 3 rings (SSSR count). The van der Waals surface area contributed by atoms with Crippen LogP contribution in [0, 0.1) is 0 Å². The molecule has 1 aliphatic rings. The molecule has 0 saturated heterocycles. The zero-order valence-electron chi connectivity index (χ0n) is 13.0. The number of thioether (sulfide) groups is 1. The second-order valence-corrected chi connectivity index (χ2v) is 8.08. The lowest BCUT2D eigenvalue weighted by Crippen LogP contribution is -2.26. The number of anilines is 1. The van der Waals surface area contributed by atoms with E-state index in [0.29, 0.717) is 16.3 Å². The Morgan fingerprint density at radius 3 is 3.09 bits per heavy atom. The Kier molecular flexibility index (Phi) is 5.03. The predicted molar refractivity (Wildman–Crippen MR) is 94.3 cm³/mol. The number of hydrogen-bond donors (Lipinski definition) is 1. The third-order valence-electron chi connectivity index (χ3n) is 3.95. The molecule has 0 aliphatic heterocycles. The van der Waals surface area contributed by atoms with Gasteiger partial charge in [-0.2, -0.15) is 16.3 Å². The standard InChI is InChI=1S/C15H22N4OS2/c1-3-6-10-9-13(20)19-15(16-10)22-14(18-19)17-11-7-5-8-12(11)21-4-2/h9,11-12H,3-8H2,1-2H3,(H,17,18).